The Labute approximate surface area is 142 Å². The first kappa shape index (κ1) is 16.4. The quantitative estimate of drug-likeness (QED) is 0.750. The SMILES string of the molecule is Cc1cccc(CN[C@H](C)c2cnn(-c3cccc(F)c3)c2C)c1. The van der Waals surface area contributed by atoms with Crippen molar-refractivity contribution in [1.82, 2.24) is 15.1 Å². The molecule has 3 rings (SSSR count). The first-order valence-electron chi connectivity index (χ1n) is 8.14. The maximum absolute atomic E-state index is 13.4. The second kappa shape index (κ2) is 6.97. The molecule has 24 heavy (non-hydrogen) atoms. The normalized spacial score (nSPS) is 12.3. The summed E-state index contributed by atoms with van der Waals surface area (Å²) in [6, 6.07) is 15.1. The van der Waals surface area contributed by atoms with Crippen LogP contribution in [0.25, 0.3) is 5.69 Å². The van der Waals surface area contributed by atoms with E-state index >= 15 is 0 Å². The van der Waals surface area contributed by atoms with Crippen LogP contribution in [0.5, 0.6) is 0 Å². The number of hydrogen-bond donors (Lipinski definition) is 1. The molecule has 3 aromatic rings. The summed E-state index contributed by atoms with van der Waals surface area (Å²) in [6.07, 6.45) is 1.86. The van der Waals surface area contributed by atoms with Gasteiger partial charge < -0.3 is 5.32 Å². The third kappa shape index (κ3) is 3.54. The lowest BCUT2D eigenvalue weighted by atomic mass is 10.1. The first-order valence-corrected chi connectivity index (χ1v) is 8.14. The average molecular weight is 323 g/mol. The van der Waals surface area contributed by atoms with Crippen molar-refractivity contribution in [2.45, 2.75) is 33.4 Å². The van der Waals surface area contributed by atoms with E-state index in [2.05, 4.69) is 48.5 Å². The van der Waals surface area contributed by atoms with E-state index in [0.29, 0.717) is 0 Å². The number of hydrogen-bond acceptors (Lipinski definition) is 2. The van der Waals surface area contributed by atoms with Crippen LogP contribution in [0.15, 0.2) is 54.7 Å². The summed E-state index contributed by atoms with van der Waals surface area (Å²) in [5, 5.41) is 7.96. The maximum atomic E-state index is 13.4. The lowest BCUT2D eigenvalue weighted by molar-refractivity contribution is 0.571. The van der Waals surface area contributed by atoms with Gasteiger partial charge in [-0.25, -0.2) is 9.07 Å². The van der Waals surface area contributed by atoms with Crippen LogP contribution in [-0.2, 0) is 6.54 Å². The largest absolute Gasteiger partial charge is 0.306 e. The Morgan fingerprint density at radius 2 is 1.92 bits per heavy atom. The molecule has 0 bridgehead atoms. The molecule has 1 atom stereocenters. The lowest BCUT2D eigenvalue weighted by Crippen LogP contribution is -2.18. The fourth-order valence-electron chi connectivity index (χ4n) is 2.92. The Kier molecular flexibility index (Phi) is 4.76. The smallest absolute Gasteiger partial charge is 0.125 e. The van der Waals surface area contributed by atoms with Crippen LogP contribution in [0.3, 0.4) is 0 Å². The van der Waals surface area contributed by atoms with Crippen LogP contribution >= 0.6 is 0 Å². The van der Waals surface area contributed by atoms with Gasteiger partial charge in [0.25, 0.3) is 0 Å². The van der Waals surface area contributed by atoms with Crippen molar-refractivity contribution in [3.63, 3.8) is 0 Å². The second-order valence-electron chi connectivity index (χ2n) is 6.17. The van der Waals surface area contributed by atoms with Gasteiger partial charge in [0.15, 0.2) is 0 Å². The first-order chi connectivity index (χ1) is 11.5. The predicted molar refractivity (Wildman–Crippen MR) is 94.7 cm³/mol. The van der Waals surface area contributed by atoms with Crippen LogP contribution in [0.4, 0.5) is 4.39 Å². The molecule has 1 aromatic heterocycles. The van der Waals surface area contributed by atoms with E-state index < -0.39 is 0 Å². The van der Waals surface area contributed by atoms with E-state index in [-0.39, 0.29) is 11.9 Å². The molecule has 0 aliphatic heterocycles. The standard InChI is InChI=1S/C20H22FN3/c1-14-6-4-7-17(10-14)12-22-15(2)20-13-23-24(16(20)3)19-9-5-8-18(21)11-19/h4-11,13,15,22H,12H2,1-3H3/t15-/m1/s1. The lowest BCUT2D eigenvalue weighted by Gasteiger charge is -2.14. The summed E-state index contributed by atoms with van der Waals surface area (Å²) >= 11 is 0. The van der Waals surface area contributed by atoms with E-state index in [4.69, 9.17) is 0 Å². The number of halogens is 1. The minimum absolute atomic E-state index is 0.160. The number of rotatable bonds is 5. The highest BCUT2D eigenvalue weighted by atomic mass is 19.1. The van der Waals surface area contributed by atoms with Gasteiger partial charge in [-0.1, -0.05) is 35.9 Å². The number of benzene rings is 2. The monoisotopic (exact) mass is 323 g/mol. The molecular weight excluding hydrogens is 301 g/mol. The molecule has 3 nitrogen and oxygen atoms in total. The fraction of sp³-hybridized carbons (Fsp3) is 0.250. The molecule has 0 aliphatic rings. The molecule has 1 heterocycles. The van der Waals surface area contributed by atoms with Crippen molar-refractivity contribution in [3.8, 4) is 5.69 Å². The predicted octanol–water partition coefficient (Wildman–Crippen LogP) is 4.48. The van der Waals surface area contributed by atoms with Crippen LogP contribution in [0.1, 0.15) is 35.3 Å². The van der Waals surface area contributed by atoms with Gasteiger partial charge in [-0.05, 0) is 44.5 Å². The van der Waals surface area contributed by atoms with Gasteiger partial charge >= 0.3 is 0 Å². The van der Waals surface area contributed by atoms with Crippen molar-refractivity contribution in [2.24, 2.45) is 0 Å². The minimum atomic E-state index is -0.255. The van der Waals surface area contributed by atoms with E-state index in [1.54, 1.807) is 10.7 Å². The summed E-state index contributed by atoms with van der Waals surface area (Å²) < 4.78 is 15.2. The molecule has 2 aromatic carbocycles. The molecule has 124 valence electrons. The van der Waals surface area contributed by atoms with E-state index in [9.17, 15) is 4.39 Å². The molecular formula is C20H22FN3. The topological polar surface area (TPSA) is 29.9 Å². The molecule has 0 aliphatic carbocycles. The molecule has 4 heteroatoms. The Morgan fingerprint density at radius 1 is 1.12 bits per heavy atom. The van der Waals surface area contributed by atoms with E-state index in [0.717, 1.165) is 23.5 Å². The van der Waals surface area contributed by atoms with Gasteiger partial charge in [-0.3, -0.25) is 0 Å². The third-order valence-electron chi connectivity index (χ3n) is 4.26. The van der Waals surface area contributed by atoms with Gasteiger partial charge in [0.05, 0.1) is 11.9 Å². The summed E-state index contributed by atoms with van der Waals surface area (Å²) in [5.74, 6) is -0.255. The zero-order chi connectivity index (χ0) is 17.1. The number of nitrogens with one attached hydrogen (secondary N) is 1. The van der Waals surface area contributed by atoms with Crippen molar-refractivity contribution in [2.75, 3.05) is 0 Å². The zero-order valence-electron chi connectivity index (χ0n) is 14.3. The highest BCUT2D eigenvalue weighted by molar-refractivity contribution is 5.36. The number of aryl methyl sites for hydroxylation is 1. The average Bonchev–Trinajstić information content (AvgIpc) is 2.94. The Bertz CT molecular complexity index is 838. The van der Waals surface area contributed by atoms with Gasteiger partial charge in [-0.15, -0.1) is 0 Å². The van der Waals surface area contributed by atoms with Crippen molar-refractivity contribution in [3.05, 3.63) is 82.9 Å². The van der Waals surface area contributed by atoms with E-state index in [1.807, 2.05) is 19.2 Å². The molecule has 0 unspecified atom stereocenters. The van der Waals surface area contributed by atoms with Crippen molar-refractivity contribution in [1.29, 1.82) is 0 Å². The van der Waals surface area contributed by atoms with Crippen LogP contribution < -0.4 is 5.32 Å². The molecule has 1 N–H and O–H groups in total. The van der Waals surface area contributed by atoms with Gasteiger partial charge in [-0.2, -0.15) is 5.10 Å². The Hall–Kier alpha value is -2.46. The molecule has 0 amide bonds. The van der Waals surface area contributed by atoms with Crippen LogP contribution in [0.2, 0.25) is 0 Å². The highest BCUT2D eigenvalue weighted by Gasteiger charge is 2.14. The second-order valence-corrected chi connectivity index (χ2v) is 6.17. The number of aromatic nitrogens is 2. The fourth-order valence-corrected chi connectivity index (χ4v) is 2.92. The summed E-state index contributed by atoms with van der Waals surface area (Å²) in [5.41, 5.74) is 5.40. The minimum Gasteiger partial charge on any atom is -0.306 e. The molecule has 0 saturated heterocycles. The Balaban J connectivity index is 1.75. The third-order valence-corrected chi connectivity index (χ3v) is 4.26. The molecule has 0 fully saturated rings. The summed E-state index contributed by atoms with van der Waals surface area (Å²) in [6.45, 7) is 7.03. The van der Waals surface area contributed by atoms with Gasteiger partial charge in [0, 0.05) is 23.8 Å². The molecule has 0 spiro atoms. The van der Waals surface area contributed by atoms with Crippen LogP contribution in [-0.4, -0.2) is 9.78 Å². The van der Waals surface area contributed by atoms with Crippen molar-refractivity contribution >= 4 is 0 Å². The zero-order valence-corrected chi connectivity index (χ0v) is 14.3. The van der Waals surface area contributed by atoms with E-state index in [1.165, 1.54) is 23.3 Å². The Morgan fingerprint density at radius 3 is 2.67 bits per heavy atom. The van der Waals surface area contributed by atoms with Crippen molar-refractivity contribution < 1.29 is 4.39 Å². The molecule has 0 radical (unpaired) electrons. The summed E-state index contributed by atoms with van der Waals surface area (Å²) in [4.78, 5) is 0. The number of nitrogens with zero attached hydrogens (tertiary/aromatic N) is 2. The molecule has 0 saturated carbocycles. The maximum Gasteiger partial charge on any atom is 0.125 e. The summed E-state index contributed by atoms with van der Waals surface area (Å²) in [7, 11) is 0. The van der Waals surface area contributed by atoms with Gasteiger partial charge in [0.1, 0.15) is 5.82 Å². The van der Waals surface area contributed by atoms with Gasteiger partial charge in [0.2, 0.25) is 0 Å². The van der Waals surface area contributed by atoms with Crippen LogP contribution in [0, 0.1) is 19.7 Å². The highest BCUT2D eigenvalue weighted by Crippen LogP contribution is 2.21.